The minimum atomic E-state index is 0.515. The maximum Gasteiger partial charge on any atom is 0.0925 e. The summed E-state index contributed by atoms with van der Waals surface area (Å²) in [7, 11) is 0. The molecule has 2 heterocycles. The number of quaternary nitrogens is 1. The predicted octanol–water partition coefficient (Wildman–Crippen LogP) is -1.38. The van der Waals surface area contributed by atoms with Crippen LogP contribution >= 0.6 is 0 Å². The van der Waals surface area contributed by atoms with Crippen molar-refractivity contribution in [2.45, 2.75) is 18.9 Å². The van der Waals surface area contributed by atoms with Gasteiger partial charge in [-0.15, -0.1) is 0 Å². The van der Waals surface area contributed by atoms with Gasteiger partial charge in [-0.1, -0.05) is 0 Å². The molecule has 2 rings (SSSR count). The molecule has 2 bridgehead atoms. The fourth-order valence-electron chi connectivity index (χ4n) is 2.29. The number of rotatable bonds is 0. The SMILES string of the molecule is NC1CC2CC[NH+](C1)C2. The lowest BCUT2D eigenvalue weighted by Gasteiger charge is -2.23. The van der Waals surface area contributed by atoms with Crippen LogP contribution in [0.4, 0.5) is 0 Å². The summed E-state index contributed by atoms with van der Waals surface area (Å²) in [6, 6.07) is 0.515. The molecular weight excluding hydrogens is 112 g/mol. The Morgan fingerprint density at radius 1 is 1.33 bits per heavy atom. The second-order valence-electron chi connectivity index (χ2n) is 3.56. The van der Waals surface area contributed by atoms with Gasteiger partial charge in [0, 0.05) is 12.3 Å². The van der Waals surface area contributed by atoms with E-state index in [1.165, 1.54) is 32.5 Å². The van der Waals surface area contributed by atoms with Crippen molar-refractivity contribution >= 4 is 0 Å². The molecule has 0 aliphatic carbocycles. The van der Waals surface area contributed by atoms with Crippen LogP contribution in [0.15, 0.2) is 0 Å². The Bertz CT molecular complexity index is 101. The van der Waals surface area contributed by atoms with E-state index in [2.05, 4.69) is 0 Å². The van der Waals surface area contributed by atoms with E-state index in [0.717, 1.165) is 5.92 Å². The van der Waals surface area contributed by atoms with Gasteiger partial charge in [-0.25, -0.2) is 0 Å². The highest BCUT2D eigenvalue weighted by Gasteiger charge is 2.33. The average molecular weight is 127 g/mol. The van der Waals surface area contributed by atoms with Gasteiger partial charge in [0.2, 0.25) is 0 Å². The maximum absolute atomic E-state index is 5.83. The zero-order chi connectivity index (χ0) is 6.27. The smallest absolute Gasteiger partial charge is 0.0925 e. The number of hydrogen-bond acceptors (Lipinski definition) is 1. The van der Waals surface area contributed by atoms with Crippen LogP contribution in [0.3, 0.4) is 0 Å². The number of piperidine rings is 1. The quantitative estimate of drug-likeness (QED) is 0.413. The van der Waals surface area contributed by atoms with Crippen LogP contribution in [-0.4, -0.2) is 25.7 Å². The number of nitrogens with one attached hydrogen (secondary N) is 1. The van der Waals surface area contributed by atoms with E-state index in [0.29, 0.717) is 6.04 Å². The summed E-state index contributed by atoms with van der Waals surface area (Å²) < 4.78 is 0. The molecule has 3 unspecified atom stereocenters. The van der Waals surface area contributed by atoms with Gasteiger partial charge in [-0.2, -0.15) is 0 Å². The third kappa shape index (κ3) is 0.970. The van der Waals surface area contributed by atoms with Gasteiger partial charge in [0.05, 0.1) is 25.7 Å². The molecule has 2 saturated heterocycles. The van der Waals surface area contributed by atoms with Crippen LogP contribution in [0.1, 0.15) is 12.8 Å². The summed E-state index contributed by atoms with van der Waals surface area (Å²) in [5, 5.41) is 0. The van der Waals surface area contributed by atoms with Crippen molar-refractivity contribution in [1.29, 1.82) is 0 Å². The molecule has 0 spiro atoms. The Morgan fingerprint density at radius 3 is 3.00 bits per heavy atom. The molecule has 0 aromatic heterocycles. The highest BCUT2D eigenvalue weighted by atomic mass is 15.2. The lowest BCUT2D eigenvalue weighted by molar-refractivity contribution is -0.893. The Kier molecular flexibility index (Phi) is 1.24. The normalized spacial score (nSPS) is 49.7. The highest BCUT2D eigenvalue weighted by Crippen LogP contribution is 2.14. The van der Waals surface area contributed by atoms with Gasteiger partial charge in [0.1, 0.15) is 0 Å². The highest BCUT2D eigenvalue weighted by molar-refractivity contribution is 4.75. The second-order valence-corrected chi connectivity index (χ2v) is 3.56. The Balaban J connectivity index is 2.03. The van der Waals surface area contributed by atoms with Crippen molar-refractivity contribution in [2.24, 2.45) is 11.7 Å². The molecule has 0 amide bonds. The van der Waals surface area contributed by atoms with Crippen molar-refractivity contribution in [3.05, 3.63) is 0 Å². The minimum absolute atomic E-state index is 0.515. The number of hydrogen-bond donors (Lipinski definition) is 2. The van der Waals surface area contributed by atoms with Gasteiger partial charge < -0.3 is 10.6 Å². The number of fused-ring (bicyclic) bond motifs is 2. The lowest BCUT2D eigenvalue weighted by Crippen LogP contribution is -3.12. The van der Waals surface area contributed by atoms with Gasteiger partial charge in [0.25, 0.3) is 0 Å². The fourth-order valence-corrected chi connectivity index (χ4v) is 2.29. The van der Waals surface area contributed by atoms with Gasteiger partial charge >= 0.3 is 0 Å². The topological polar surface area (TPSA) is 30.5 Å². The summed E-state index contributed by atoms with van der Waals surface area (Å²) in [4.78, 5) is 1.75. The molecule has 9 heavy (non-hydrogen) atoms. The van der Waals surface area contributed by atoms with E-state index in [1.807, 2.05) is 0 Å². The summed E-state index contributed by atoms with van der Waals surface area (Å²) in [5.41, 5.74) is 5.83. The Morgan fingerprint density at radius 2 is 2.22 bits per heavy atom. The lowest BCUT2D eigenvalue weighted by atomic mass is 9.98. The zero-order valence-corrected chi connectivity index (χ0v) is 5.77. The first-order valence-corrected chi connectivity index (χ1v) is 3.94. The van der Waals surface area contributed by atoms with Crippen molar-refractivity contribution in [2.75, 3.05) is 19.6 Å². The van der Waals surface area contributed by atoms with E-state index < -0.39 is 0 Å². The molecule has 3 atom stereocenters. The second kappa shape index (κ2) is 1.96. The van der Waals surface area contributed by atoms with Crippen molar-refractivity contribution < 1.29 is 4.90 Å². The molecule has 0 radical (unpaired) electrons. The molecule has 0 aromatic rings. The van der Waals surface area contributed by atoms with E-state index in [4.69, 9.17) is 5.73 Å². The molecule has 2 aliphatic heterocycles. The monoisotopic (exact) mass is 127 g/mol. The first-order chi connectivity index (χ1) is 4.34. The maximum atomic E-state index is 5.83. The van der Waals surface area contributed by atoms with Crippen molar-refractivity contribution in [3.63, 3.8) is 0 Å². The molecule has 0 saturated carbocycles. The predicted molar refractivity (Wildman–Crippen MR) is 36.3 cm³/mol. The minimum Gasteiger partial charge on any atom is -0.333 e. The average Bonchev–Trinajstić information content (AvgIpc) is 2.11. The van der Waals surface area contributed by atoms with Crippen LogP contribution < -0.4 is 10.6 Å². The first kappa shape index (κ1) is 5.69. The zero-order valence-electron chi connectivity index (χ0n) is 5.77. The Labute approximate surface area is 56.0 Å². The summed E-state index contributed by atoms with van der Waals surface area (Å²) in [6.07, 6.45) is 2.73. The molecule has 2 nitrogen and oxygen atoms in total. The summed E-state index contributed by atoms with van der Waals surface area (Å²) >= 11 is 0. The molecule has 0 aromatic carbocycles. The molecule has 3 N–H and O–H groups in total. The molecule has 2 aliphatic rings. The van der Waals surface area contributed by atoms with Crippen LogP contribution in [0.2, 0.25) is 0 Å². The standard InChI is InChI=1S/C7H14N2/c8-7-3-6-1-2-9(4-6)5-7/h6-7H,1-5,8H2/p+1. The Hall–Kier alpha value is -0.0800. The van der Waals surface area contributed by atoms with E-state index >= 15 is 0 Å². The third-order valence-electron chi connectivity index (χ3n) is 2.67. The summed E-state index contributed by atoms with van der Waals surface area (Å²) in [6.45, 7) is 4.03. The van der Waals surface area contributed by atoms with Crippen molar-refractivity contribution in [3.8, 4) is 0 Å². The third-order valence-corrected chi connectivity index (χ3v) is 2.67. The number of nitrogens with two attached hydrogens (primary N) is 1. The molecule has 52 valence electrons. The van der Waals surface area contributed by atoms with Gasteiger partial charge in [0.15, 0.2) is 0 Å². The molecule has 2 fully saturated rings. The largest absolute Gasteiger partial charge is 0.333 e. The van der Waals surface area contributed by atoms with Gasteiger partial charge in [-0.05, 0) is 6.42 Å². The van der Waals surface area contributed by atoms with E-state index in [1.54, 1.807) is 4.90 Å². The van der Waals surface area contributed by atoms with E-state index in [-0.39, 0.29) is 0 Å². The van der Waals surface area contributed by atoms with Crippen LogP contribution in [0.25, 0.3) is 0 Å². The molecule has 2 heteroatoms. The van der Waals surface area contributed by atoms with Crippen LogP contribution in [-0.2, 0) is 0 Å². The van der Waals surface area contributed by atoms with Crippen molar-refractivity contribution in [1.82, 2.24) is 0 Å². The fraction of sp³-hybridized carbons (Fsp3) is 1.00. The van der Waals surface area contributed by atoms with Crippen LogP contribution in [0.5, 0.6) is 0 Å². The van der Waals surface area contributed by atoms with Crippen LogP contribution in [0, 0.1) is 5.92 Å². The summed E-state index contributed by atoms with van der Waals surface area (Å²) in [5.74, 6) is 0.976. The van der Waals surface area contributed by atoms with E-state index in [9.17, 15) is 0 Å². The first-order valence-electron chi connectivity index (χ1n) is 3.94. The van der Waals surface area contributed by atoms with Gasteiger partial charge in [-0.3, -0.25) is 0 Å². The molecular formula is C7H15N2+.